The maximum absolute atomic E-state index is 13.4. The van der Waals surface area contributed by atoms with E-state index in [9.17, 15) is 8.78 Å². The Hall–Kier alpha value is -1.13. The minimum absolute atomic E-state index is 0.283. The molecule has 100 valence electrons. The number of alkyl halides is 1. The molecule has 0 fully saturated rings. The molecule has 0 N–H and O–H groups in total. The van der Waals surface area contributed by atoms with Crippen LogP contribution in [0.25, 0.3) is 0 Å². The van der Waals surface area contributed by atoms with E-state index in [1.54, 1.807) is 12.1 Å². The SMILES string of the molecule is COc1cc(F)c(Br)cc1C(Cl)c1cccc(F)c1. The maximum atomic E-state index is 13.4. The summed E-state index contributed by atoms with van der Waals surface area (Å²) in [6.07, 6.45) is 0. The van der Waals surface area contributed by atoms with Gasteiger partial charge < -0.3 is 4.74 Å². The summed E-state index contributed by atoms with van der Waals surface area (Å²) in [5, 5.41) is -0.623. The van der Waals surface area contributed by atoms with Crippen LogP contribution in [0.1, 0.15) is 16.5 Å². The Bertz CT molecular complexity index is 604. The second kappa shape index (κ2) is 5.88. The van der Waals surface area contributed by atoms with Gasteiger partial charge in [0.05, 0.1) is 17.0 Å². The molecule has 1 atom stereocenters. The Balaban J connectivity index is 2.49. The summed E-state index contributed by atoms with van der Waals surface area (Å²) < 4.78 is 32.1. The van der Waals surface area contributed by atoms with Gasteiger partial charge in [-0.3, -0.25) is 0 Å². The van der Waals surface area contributed by atoms with Crippen LogP contribution in [0, 0.1) is 11.6 Å². The average molecular weight is 348 g/mol. The summed E-state index contributed by atoms with van der Waals surface area (Å²) in [5.41, 5.74) is 1.15. The second-order valence-corrected chi connectivity index (χ2v) is 5.22. The molecule has 0 bridgehead atoms. The van der Waals surface area contributed by atoms with E-state index in [-0.39, 0.29) is 10.3 Å². The van der Waals surface area contributed by atoms with Gasteiger partial charge in [0.25, 0.3) is 0 Å². The monoisotopic (exact) mass is 346 g/mol. The number of rotatable bonds is 3. The van der Waals surface area contributed by atoms with Crippen molar-refractivity contribution >= 4 is 27.5 Å². The largest absolute Gasteiger partial charge is 0.496 e. The molecule has 0 radical (unpaired) electrons. The molecule has 0 aliphatic heterocycles. The lowest BCUT2D eigenvalue weighted by Crippen LogP contribution is -1.99. The Morgan fingerprint density at radius 1 is 1.21 bits per heavy atom. The van der Waals surface area contributed by atoms with Crippen molar-refractivity contribution in [1.82, 2.24) is 0 Å². The van der Waals surface area contributed by atoms with Crippen molar-refractivity contribution in [3.8, 4) is 5.75 Å². The summed E-state index contributed by atoms with van der Waals surface area (Å²) in [6.45, 7) is 0. The molecule has 0 aliphatic rings. The molecular formula is C14H10BrClF2O. The zero-order chi connectivity index (χ0) is 14.0. The van der Waals surface area contributed by atoms with Gasteiger partial charge in [-0.1, -0.05) is 12.1 Å². The van der Waals surface area contributed by atoms with E-state index >= 15 is 0 Å². The Morgan fingerprint density at radius 2 is 1.95 bits per heavy atom. The van der Waals surface area contributed by atoms with E-state index in [2.05, 4.69) is 15.9 Å². The molecule has 5 heteroatoms. The highest BCUT2D eigenvalue weighted by molar-refractivity contribution is 9.10. The third kappa shape index (κ3) is 3.07. The molecule has 19 heavy (non-hydrogen) atoms. The van der Waals surface area contributed by atoms with Gasteiger partial charge in [0.1, 0.15) is 17.4 Å². The zero-order valence-corrected chi connectivity index (χ0v) is 12.3. The minimum Gasteiger partial charge on any atom is -0.496 e. The van der Waals surface area contributed by atoms with E-state index in [1.165, 1.54) is 31.4 Å². The average Bonchev–Trinajstić information content (AvgIpc) is 2.40. The molecule has 0 amide bonds. The number of methoxy groups -OCH3 is 1. The van der Waals surface area contributed by atoms with E-state index in [1.807, 2.05) is 0 Å². The second-order valence-electron chi connectivity index (χ2n) is 3.93. The van der Waals surface area contributed by atoms with Crippen LogP contribution >= 0.6 is 27.5 Å². The molecule has 0 saturated carbocycles. The molecule has 2 rings (SSSR count). The van der Waals surface area contributed by atoms with Gasteiger partial charge in [-0.05, 0) is 39.7 Å². The van der Waals surface area contributed by atoms with Crippen LogP contribution in [-0.2, 0) is 0 Å². The van der Waals surface area contributed by atoms with E-state index in [4.69, 9.17) is 16.3 Å². The highest BCUT2D eigenvalue weighted by atomic mass is 79.9. The first-order valence-corrected chi connectivity index (χ1v) is 6.68. The number of hydrogen-bond donors (Lipinski definition) is 0. The predicted molar refractivity (Wildman–Crippen MR) is 74.7 cm³/mol. The van der Waals surface area contributed by atoms with Crippen molar-refractivity contribution in [3.05, 3.63) is 63.6 Å². The summed E-state index contributed by atoms with van der Waals surface area (Å²) in [4.78, 5) is 0. The van der Waals surface area contributed by atoms with Crippen LogP contribution in [0.3, 0.4) is 0 Å². The summed E-state index contributed by atoms with van der Waals surface area (Å²) >= 11 is 9.42. The van der Waals surface area contributed by atoms with E-state index in [0.29, 0.717) is 16.9 Å². The molecule has 2 aromatic carbocycles. The molecule has 0 aliphatic carbocycles. The van der Waals surface area contributed by atoms with Crippen LogP contribution in [0.2, 0.25) is 0 Å². The summed E-state index contributed by atoms with van der Waals surface area (Å²) in [5.74, 6) is -0.489. The van der Waals surface area contributed by atoms with Crippen LogP contribution in [0.15, 0.2) is 40.9 Å². The molecule has 2 aromatic rings. The first kappa shape index (κ1) is 14.3. The fourth-order valence-corrected chi connectivity index (χ4v) is 2.43. The van der Waals surface area contributed by atoms with Crippen molar-refractivity contribution in [1.29, 1.82) is 0 Å². The van der Waals surface area contributed by atoms with Gasteiger partial charge in [-0.15, -0.1) is 11.6 Å². The standard InChI is InChI=1S/C14H10BrClF2O/c1-19-13-7-12(18)11(15)6-10(13)14(16)8-3-2-4-9(17)5-8/h2-7,14H,1H3. The number of hydrogen-bond acceptors (Lipinski definition) is 1. The van der Waals surface area contributed by atoms with E-state index < -0.39 is 11.2 Å². The fraction of sp³-hybridized carbons (Fsp3) is 0.143. The van der Waals surface area contributed by atoms with Gasteiger partial charge in [-0.2, -0.15) is 0 Å². The highest BCUT2D eigenvalue weighted by Crippen LogP contribution is 2.37. The summed E-state index contributed by atoms with van der Waals surface area (Å²) in [7, 11) is 1.43. The van der Waals surface area contributed by atoms with Gasteiger partial charge >= 0.3 is 0 Å². The first-order valence-electron chi connectivity index (χ1n) is 5.45. The van der Waals surface area contributed by atoms with Crippen molar-refractivity contribution in [2.45, 2.75) is 5.38 Å². The van der Waals surface area contributed by atoms with Gasteiger partial charge in [0, 0.05) is 11.6 Å². The number of benzene rings is 2. The normalized spacial score (nSPS) is 12.3. The minimum atomic E-state index is -0.623. The fourth-order valence-electron chi connectivity index (χ4n) is 1.76. The van der Waals surface area contributed by atoms with Gasteiger partial charge in [0.15, 0.2) is 0 Å². The van der Waals surface area contributed by atoms with Crippen LogP contribution in [0.4, 0.5) is 8.78 Å². The quantitative estimate of drug-likeness (QED) is 0.705. The third-order valence-electron chi connectivity index (χ3n) is 2.69. The lowest BCUT2D eigenvalue weighted by Gasteiger charge is -2.15. The van der Waals surface area contributed by atoms with E-state index in [0.717, 1.165) is 0 Å². The molecule has 1 unspecified atom stereocenters. The molecule has 0 aromatic heterocycles. The van der Waals surface area contributed by atoms with Crippen molar-refractivity contribution in [3.63, 3.8) is 0 Å². The number of halogens is 4. The number of ether oxygens (including phenoxy) is 1. The maximum Gasteiger partial charge on any atom is 0.141 e. The molecule has 0 spiro atoms. The highest BCUT2D eigenvalue weighted by Gasteiger charge is 2.18. The lowest BCUT2D eigenvalue weighted by atomic mass is 10.0. The molecular weight excluding hydrogens is 338 g/mol. The topological polar surface area (TPSA) is 9.23 Å². The summed E-state index contributed by atoms with van der Waals surface area (Å²) in [6, 6.07) is 8.74. The third-order valence-corrected chi connectivity index (χ3v) is 3.78. The predicted octanol–water partition coefficient (Wildman–Crippen LogP) is 5.06. The van der Waals surface area contributed by atoms with Crippen molar-refractivity contribution in [2.75, 3.05) is 7.11 Å². The first-order chi connectivity index (χ1) is 9.02. The van der Waals surface area contributed by atoms with Gasteiger partial charge in [0.2, 0.25) is 0 Å². The molecule has 0 saturated heterocycles. The van der Waals surface area contributed by atoms with Crippen molar-refractivity contribution in [2.24, 2.45) is 0 Å². The van der Waals surface area contributed by atoms with Crippen LogP contribution in [0.5, 0.6) is 5.75 Å². The molecule has 0 heterocycles. The van der Waals surface area contributed by atoms with Crippen molar-refractivity contribution < 1.29 is 13.5 Å². The zero-order valence-electron chi connectivity index (χ0n) is 9.96. The Morgan fingerprint density at radius 3 is 2.58 bits per heavy atom. The smallest absolute Gasteiger partial charge is 0.141 e. The van der Waals surface area contributed by atoms with Crippen LogP contribution < -0.4 is 4.74 Å². The van der Waals surface area contributed by atoms with Gasteiger partial charge in [-0.25, -0.2) is 8.78 Å². The molecule has 1 nitrogen and oxygen atoms in total. The Kier molecular flexibility index (Phi) is 4.42. The van der Waals surface area contributed by atoms with Crippen LogP contribution in [-0.4, -0.2) is 7.11 Å². The lowest BCUT2D eigenvalue weighted by molar-refractivity contribution is 0.406. The Labute approximate surface area is 123 Å².